The van der Waals surface area contributed by atoms with Crippen LogP contribution in [0.5, 0.6) is 0 Å². The number of benzene rings is 1. The maximum Gasteiger partial charge on any atom is 0.347 e. The molecule has 0 radical (unpaired) electrons. The van der Waals surface area contributed by atoms with E-state index in [2.05, 4.69) is 10.3 Å². The largest absolute Gasteiger partial charge is 0.477 e. The smallest absolute Gasteiger partial charge is 0.347 e. The van der Waals surface area contributed by atoms with Crippen molar-refractivity contribution in [3.8, 4) is 0 Å². The highest BCUT2D eigenvalue weighted by atomic mass is 32.1. The van der Waals surface area contributed by atoms with Gasteiger partial charge in [-0.25, -0.2) is 18.6 Å². The van der Waals surface area contributed by atoms with E-state index in [9.17, 15) is 13.6 Å². The van der Waals surface area contributed by atoms with Gasteiger partial charge in [-0.1, -0.05) is 11.3 Å². The molecule has 2 aromatic rings. The molecular formula is C11H8F2N2O2S. The Morgan fingerprint density at radius 2 is 2.11 bits per heavy atom. The van der Waals surface area contributed by atoms with E-state index < -0.39 is 17.6 Å². The van der Waals surface area contributed by atoms with Crippen molar-refractivity contribution in [3.05, 3.63) is 40.4 Å². The monoisotopic (exact) mass is 270 g/mol. The summed E-state index contributed by atoms with van der Waals surface area (Å²) in [5.41, 5.74) is 0.678. The Labute approximate surface area is 105 Å². The average Bonchev–Trinajstić information content (AvgIpc) is 2.65. The van der Waals surface area contributed by atoms with Gasteiger partial charge < -0.3 is 10.4 Å². The second-order valence-corrected chi connectivity index (χ2v) is 4.49. The third-order valence-electron chi connectivity index (χ3n) is 2.16. The predicted molar refractivity (Wildman–Crippen MR) is 63.5 cm³/mol. The minimum Gasteiger partial charge on any atom is -0.477 e. The molecule has 94 valence electrons. The summed E-state index contributed by atoms with van der Waals surface area (Å²) in [7, 11) is 0. The number of aromatic nitrogens is 1. The van der Waals surface area contributed by atoms with Gasteiger partial charge in [0.2, 0.25) is 0 Å². The van der Waals surface area contributed by atoms with E-state index in [4.69, 9.17) is 5.11 Å². The van der Waals surface area contributed by atoms with Crippen molar-refractivity contribution in [1.29, 1.82) is 0 Å². The molecule has 1 aromatic carbocycles. The summed E-state index contributed by atoms with van der Waals surface area (Å²) in [6.45, 7) is 1.57. The molecule has 0 fully saturated rings. The number of hydrogen-bond donors (Lipinski definition) is 2. The van der Waals surface area contributed by atoms with Gasteiger partial charge in [-0.3, -0.25) is 0 Å². The quantitative estimate of drug-likeness (QED) is 0.899. The van der Waals surface area contributed by atoms with Crippen molar-refractivity contribution >= 4 is 28.1 Å². The molecule has 0 bridgehead atoms. The van der Waals surface area contributed by atoms with E-state index in [1.54, 1.807) is 6.92 Å². The molecule has 0 aliphatic carbocycles. The van der Waals surface area contributed by atoms with Gasteiger partial charge in [-0.15, -0.1) is 0 Å². The fraction of sp³-hybridized carbons (Fsp3) is 0.0909. The van der Waals surface area contributed by atoms with Gasteiger partial charge in [-0.05, 0) is 19.1 Å². The Balaban J connectivity index is 2.26. The van der Waals surface area contributed by atoms with Crippen molar-refractivity contribution < 1.29 is 18.7 Å². The summed E-state index contributed by atoms with van der Waals surface area (Å²) < 4.78 is 25.7. The Kier molecular flexibility index (Phi) is 3.24. The van der Waals surface area contributed by atoms with Gasteiger partial charge >= 0.3 is 5.97 Å². The van der Waals surface area contributed by atoms with Crippen LogP contribution in [0.2, 0.25) is 0 Å². The van der Waals surface area contributed by atoms with Crippen LogP contribution in [0.3, 0.4) is 0 Å². The molecule has 18 heavy (non-hydrogen) atoms. The molecule has 0 saturated carbocycles. The van der Waals surface area contributed by atoms with Crippen molar-refractivity contribution in [2.24, 2.45) is 0 Å². The molecular weight excluding hydrogens is 262 g/mol. The molecule has 7 heteroatoms. The van der Waals surface area contributed by atoms with Crippen LogP contribution in [-0.4, -0.2) is 16.1 Å². The SMILES string of the molecule is Cc1nc(Nc2ccc(F)c(F)c2)sc1C(=O)O. The summed E-state index contributed by atoms with van der Waals surface area (Å²) in [6, 6.07) is 3.30. The minimum atomic E-state index is -1.07. The number of carboxylic acids is 1. The molecule has 0 aliphatic rings. The number of nitrogens with zero attached hydrogens (tertiary/aromatic N) is 1. The molecule has 2 rings (SSSR count). The number of aryl methyl sites for hydroxylation is 1. The summed E-state index contributed by atoms with van der Waals surface area (Å²) in [6.07, 6.45) is 0. The van der Waals surface area contributed by atoms with Crippen LogP contribution in [0, 0.1) is 18.6 Å². The van der Waals surface area contributed by atoms with Crippen LogP contribution in [0.4, 0.5) is 19.6 Å². The number of carbonyl (C=O) groups is 1. The highest BCUT2D eigenvalue weighted by molar-refractivity contribution is 7.17. The van der Waals surface area contributed by atoms with E-state index in [-0.39, 0.29) is 4.88 Å². The average molecular weight is 270 g/mol. The predicted octanol–water partition coefficient (Wildman–Crippen LogP) is 3.17. The zero-order chi connectivity index (χ0) is 13.3. The van der Waals surface area contributed by atoms with Crippen LogP contribution in [0.15, 0.2) is 18.2 Å². The highest BCUT2D eigenvalue weighted by Crippen LogP contribution is 2.26. The second kappa shape index (κ2) is 4.69. The third-order valence-corrected chi connectivity index (χ3v) is 3.22. The number of carboxylic acid groups (broad SMARTS) is 1. The first-order chi connectivity index (χ1) is 8.47. The van der Waals surface area contributed by atoms with E-state index in [0.29, 0.717) is 16.5 Å². The number of aromatic carboxylic acids is 1. The van der Waals surface area contributed by atoms with Crippen molar-refractivity contribution in [2.75, 3.05) is 5.32 Å². The molecule has 2 N–H and O–H groups in total. The Morgan fingerprint density at radius 3 is 2.67 bits per heavy atom. The Hall–Kier alpha value is -2.02. The van der Waals surface area contributed by atoms with Crippen LogP contribution in [0.1, 0.15) is 15.4 Å². The van der Waals surface area contributed by atoms with Crippen LogP contribution in [0.25, 0.3) is 0 Å². The van der Waals surface area contributed by atoms with Gasteiger partial charge in [-0.2, -0.15) is 0 Å². The lowest BCUT2D eigenvalue weighted by atomic mass is 10.3. The molecule has 4 nitrogen and oxygen atoms in total. The molecule has 0 atom stereocenters. The Morgan fingerprint density at radius 1 is 1.39 bits per heavy atom. The molecule has 1 heterocycles. The van der Waals surface area contributed by atoms with Crippen LogP contribution >= 0.6 is 11.3 Å². The van der Waals surface area contributed by atoms with Crippen molar-refractivity contribution in [2.45, 2.75) is 6.92 Å². The number of rotatable bonds is 3. The van der Waals surface area contributed by atoms with Gasteiger partial charge in [0, 0.05) is 11.8 Å². The first-order valence-corrected chi connectivity index (χ1v) is 5.72. The maximum atomic E-state index is 13.0. The molecule has 0 saturated heterocycles. The number of nitrogens with one attached hydrogen (secondary N) is 1. The summed E-state index contributed by atoms with van der Waals surface area (Å²) in [4.78, 5) is 14.9. The fourth-order valence-electron chi connectivity index (χ4n) is 1.35. The topological polar surface area (TPSA) is 62.2 Å². The number of thiazole rings is 1. The van der Waals surface area contributed by atoms with E-state index >= 15 is 0 Å². The zero-order valence-electron chi connectivity index (χ0n) is 9.20. The lowest BCUT2D eigenvalue weighted by Gasteiger charge is -2.02. The number of anilines is 2. The van der Waals surface area contributed by atoms with Crippen LogP contribution < -0.4 is 5.32 Å². The molecule has 0 unspecified atom stereocenters. The summed E-state index contributed by atoms with van der Waals surface area (Å²) in [5.74, 6) is -2.99. The van der Waals surface area contributed by atoms with Gasteiger partial charge in [0.25, 0.3) is 0 Å². The second-order valence-electron chi connectivity index (χ2n) is 3.49. The lowest BCUT2D eigenvalue weighted by molar-refractivity contribution is 0.0701. The summed E-state index contributed by atoms with van der Waals surface area (Å²) in [5, 5.41) is 11.9. The van der Waals surface area contributed by atoms with Gasteiger partial charge in [0.15, 0.2) is 16.8 Å². The number of hydrogen-bond acceptors (Lipinski definition) is 4. The minimum absolute atomic E-state index is 0.111. The first-order valence-electron chi connectivity index (χ1n) is 4.90. The van der Waals surface area contributed by atoms with Crippen molar-refractivity contribution in [1.82, 2.24) is 4.98 Å². The highest BCUT2D eigenvalue weighted by Gasteiger charge is 2.14. The van der Waals surface area contributed by atoms with E-state index in [1.807, 2.05) is 0 Å². The van der Waals surface area contributed by atoms with E-state index in [1.165, 1.54) is 6.07 Å². The van der Waals surface area contributed by atoms with Crippen molar-refractivity contribution in [3.63, 3.8) is 0 Å². The lowest BCUT2D eigenvalue weighted by Crippen LogP contribution is -1.94. The maximum absolute atomic E-state index is 13.0. The normalized spacial score (nSPS) is 10.4. The standard InChI is InChI=1S/C11H8F2N2O2S/c1-5-9(10(16)17)18-11(14-5)15-6-2-3-7(12)8(13)4-6/h2-4H,1H3,(H,14,15)(H,16,17). The molecule has 0 amide bonds. The zero-order valence-corrected chi connectivity index (χ0v) is 10.0. The number of halogens is 2. The van der Waals surface area contributed by atoms with Gasteiger partial charge in [0.1, 0.15) is 4.88 Å². The third kappa shape index (κ3) is 2.45. The van der Waals surface area contributed by atoms with E-state index in [0.717, 1.165) is 23.5 Å². The molecule has 0 spiro atoms. The van der Waals surface area contributed by atoms with Crippen LogP contribution in [-0.2, 0) is 0 Å². The first kappa shape index (κ1) is 12.4. The fourth-order valence-corrected chi connectivity index (χ4v) is 2.17. The Bertz CT molecular complexity index is 613. The molecule has 1 aromatic heterocycles. The van der Waals surface area contributed by atoms with Gasteiger partial charge in [0.05, 0.1) is 5.69 Å². The summed E-state index contributed by atoms with van der Waals surface area (Å²) >= 11 is 0.935. The molecule has 0 aliphatic heterocycles.